The molecule has 0 N–H and O–H groups in total. The molecule has 0 aliphatic rings. The molecule has 1 nitrogen and oxygen atoms in total. The van der Waals surface area contributed by atoms with Crippen LogP contribution in [0.3, 0.4) is 0 Å². The minimum absolute atomic E-state index is 0.784. The third-order valence-electron chi connectivity index (χ3n) is 2.62. The predicted molar refractivity (Wildman–Crippen MR) is 69.2 cm³/mol. The smallest absolute Gasteiger partial charge is 0.135 e. The van der Waals surface area contributed by atoms with E-state index in [1.807, 2.05) is 0 Å². The van der Waals surface area contributed by atoms with Gasteiger partial charge in [0.15, 0.2) is 0 Å². The van der Waals surface area contributed by atoms with Gasteiger partial charge >= 0.3 is 0 Å². The standard InChI is InChI=1S/C12H27NSi/c1-5-9-12-14(8-4)13(10-6-2)11-7-3/h8,14H,4-7,9-12H2,1-3H3. The third kappa shape index (κ3) is 5.61. The Morgan fingerprint density at radius 1 is 1.07 bits per heavy atom. The minimum atomic E-state index is -0.784. The molecule has 0 aliphatic heterocycles. The van der Waals surface area contributed by atoms with Crippen molar-refractivity contribution in [3.05, 3.63) is 12.3 Å². The Morgan fingerprint density at radius 2 is 1.64 bits per heavy atom. The Labute approximate surface area is 91.9 Å². The number of unbranched alkanes of at least 4 members (excludes halogenated alkanes) is 1. The molecule has 0 aromatic heterocycles. The van der Waals surface area contributed by atoms with Crippen LogP contribution >= 0.6 is 0 Å². The van der Waals surface area contributed by atoms with Gasteiger partial charge in [-0.2, -0.15) is 0 Å². The zero-order valence-electron chi connectivity index (χ0n) is 10.3. The fourth-order valence-electron chi connectivity index (χ4n) is 1.88. The summed E-state index contributed by atoms with van der Waals surface area (Å²) < 4.78 is 2.71. The molecule has 1 unspecified atom stereocenters. The largest absolute Gasteiger partial charge is 0.323 e. The van der Waals surface area contributed by atoms with E-state index in [1.54, 1.807) is 0 Å². The Morgan fingerprint density at radius 3 is 2.00 bits per heavy atom. The highest BCUT2D eigenvalue weighted by molar-refractivity contribution is 6.61. The molecule has 0 spiro atoms. The number of hydrogen-bond acceptors (Lipinski definition) is 1. The highest BCUT2D eigenvalue weighted by atomic mass is 28.3. The lowest BCUT2D eigenvalue weighted by Crippen LogP contribution is -2.39. The van der Waals surface area contributed by atoms with Gasteiger partial charge in [-0.3, -0.25) is 0 Å². The van der Waals surface area contributed by atoms with Crippen LogP contribution in [-0.4, -0.2) is 26.6 Å². The van der Waals surface area contributed by atoms with Crippen molar-refractivity contribution >= 4 is 8.96 Å². The molecule has 0 saturated heterocycles. The zero-order valence-corrected chi connectivity index (χ0v) is 11.4. The van der Waals surface area contributed by atoms with Gasteiger partial charge in [0, 0.05) is 0 Å². The van der Waals surface area contributed by atoms with Crippen molar-refractivity contribution in [3.63, 3.8) is 0 Å². The van der Waals surface area contributed by atoms with E-state index in [-0.39, 0.29) is 0 Å². The Hall–Kier alpha value is -0.0831. The molecule has 0 bridgehead atoms. The lowest BCUT2D eigenvalue weighted by atomic mass is 10.4. The fraction of sp³-hybridized carbons (Fsp3) is 0.833. The van der Waals surface area contributed by atoms with Crippen molar-refractivity contribution < 1.29 is 0 Å². The van der Waals surface area contributed by atoms with Gasteiger partial charge in [0.05, 0.1) is 0 Å². The predicted octanol–water partition coefficient (Wildman–Crippen LogP) is 3.36. The summed E-state index contributed by atoms with van der Waals surface area (Å²) in [6.07, 6.45) is 5.27. The van der Waals surface area contributed by atoms with Crippen LogP contribution in [-0.2, 0) is 0 Å². The lowest BCUT2D eigenvalue weighted by molar-refractivity contribution is 0.430. The lowest BCUT2D eigenvalue weighted by Gasteiger charge is -2.27. The van der Waals surface area contributed by atoms with Crippen molar-refractivity contribution in [2.75, 3.05) is 13.1 Å². The summed E-state index contributed by atoms with van der Waals surface area (Å²) in [5.74, 6) is 0. The third-order valence-corrected chi connectivity index (χ3v) is 5.61. The van der Waals surface area contributed by atoms with Crippen LogP contribution in [0.4, 0.5) is 0 Å². The van der Waals surface area contributed by atoms with Crippen LogP contribution in [0.15, 0.2) is 12.3 Å². The van der Waals surface area contributed by atoms with Gasteiger partial charge in [0.1, 0.15) is 8.96 Å². The molecule has 0 saturated carbocycles. The Balaban J connectivity index is 4.03. The normalized spacial score (nSPS) is 13.1. The van der Waals surface area contributed by atoms with E-state index in [2.05, 4.69) is 37.6 Å². The first-order valence-corrected chi connectivity index (χ1v) is 8.16. The van der Waals surface area contributed by atoms with Gasteiger partial charge in [-0.1, -0.05) is 39.3 Å². The molecule has 0 aliphatic carbocycles. The van der Waals surface area contributed by atoms with Crippen molar-refractivity contribution in [3.8, 4) is 0 Å². The average molecular weight is 213 g/mol. The molecule has 0 fully saturated rings. The first-order chi connectivity index (χ1) is 6.79. The van der Waals surface area contributed by atoms with Gasteiger partial charge in [0.2, 0.25) is 0 Å². The minimum Gasteiger partial charge on any atom is -0.323 e. The molecular formula is C12H27NSi. The monoisotopic (exact) mass is 213 g/mol. The van der Waals surface area contributed by atoms with E-state index >= 15 is 0 Å². The van der Waals surface area contributed by atoms with E-state index in [1.165, 1.54) is 44.8 Å². The fourth-order valence-corrected chi connectivity index (χ4v) is 4.79. The summed E-state index contributed by atoms with van der Waals surface area (Å²) in [5.41, 5.74) is 2.26. The number of hydrogen-bond donors (Lipinski definition) is 0. The van der Waals surface area contributed by atoms with Crippen LogP contribution in [0.2, 0.25) is 6.04 Å². The van der Waals surface area contributed by atoms with Gasteiger partial charge in [-0.25, -0.2) is 0 Å². The molecule has 84 valence electrons. The topological polar surface area (TPSA) is 3.24 Å². The van der Waals surface area contributed by atoms with E-state index in [4.69, 9.17) is 0 Å². The van der Waals surface area contributed by atoms with Crippen molar-refractivity contribution in [1.29, 1.82) is 0 Å². The molecule has 1 atom stereocenters. The SMILES string of the molecule is C=C[SiH](CCCC)N(CCC)CCC. The van der Waals surface area contributed by atoms with Crippen LogP contribution < -0.4 is 0 Å². The second-order valence-corrected chi connectivity index (χ2v) is 6.89. The maximum atomic E-state index is 4.02. The van der Waals surface area contributed by atoms with E-state index < -0.39 is 8.96 Å². The van der Waals surface area contributed by atoms with Crippen LogP contribution in [0.5, 0.6) is 0 Å². The van der Waals surface area contributed by atoms with Crippen LogP contribution in [0.25, 0.3) is 0 Å². The zero-order chi connectivity index (χ0) is 10.8. The van der Waals surface area contributed by atoms with Gasteiger partial charge in [0.25, 0.3) is 0 Å². The van der Waals surface area contributed by atoms with E-state index in [9.17, 15) is 0 Å². The summed E-state index contributed by atoms with van der Waals surface area (Å²) in [6.45, 7) is 13.4. The second kappa shape index (κ2) is 9.47. The van der Waals surface area contributed by atoms with Crippen LogP contribution in [0, 0.1) is 0 Å². The van der Waals surface area contributed by atoms with E-state index in [0.29, 0.717) is 0 Å². The molecular weight excluding hydrogens is 186 g/mol. The van der Waals surface area contributed by atoms with Crippen LogP contribution in [0.1, 0.15) is 46.5 Å². The maximum absolute atomic E-state index is 4.02. The Kier molecular flexibility index (Phi) is 9.41. The highest BCUT2D eigenvalue weighted by Gasteiger charge is 2.14. The number of nitrogens with zero attached hydrogens (tertiary/aromatic N) is 1. The van der Waals surface area contributed by atoms with Gasteiger partial charge < -0.3 is 4.57 Å². The number of rotatable bonds is 9. The molecule has 0 radical (unpaired) electrons. The first kappa shape index (κ1) is 13.9. The molecule has 0 aromatic rings. The second-order valence-electron chi connectivity index (χ2n) is 3.98. The molecule has 0 heterocycles. The molecule has 0 amide bonds. The molecule has 0 rings (SSSR count). The quantitative estimate of drug-likeness (QED) is 0.531. The molecule has 2 heteroatoms. The highest BCUT2D eigenvalue weighted by Crippen LogP contribution is 2.08. The maximum Gasteiger partial charge on any atom is 0.135 e. The van der Waals surface area contributed by atoms with E-state index in [0.717, 1.165) is 0 Å². The first-order valence-electron chi connectivity index (χ1n) is 6.16. The molecule has 0 aromatic carbocycles. The summed E-state index contributed by atoms with van der Waals surface area (Å²) >= 11 is 0. The summed E-state index contributed by atoms with van der Waals surface area (Å²) in [5, 5.41) is 0. The summed E-state index contributed by atoms with van der Waals surface area (Å²) in [4.78, 5) is 0. The van der Waals surface area contributed by atoms with Crippen molar-refractivity contribution in [2.45, 2.75) is 52.5 Å². The van der Waals surface area contributed by atoms with Gasteiger partial charge in [-0.05, 0) is 32.0 Å². The molecule has 14 heavy (non-hydrogen) atoms. The summed E-state index contributed by atoms with van der Waals surface area (Å²) in [6, 6.07) is 1.42. The van der Waals surface area contributed by atoms with Crippen molar-refractivity contribution in [2.24, 2.45) is 0 Å². The average Bonchev–Trinajstić information content (AvgIpc) is 2.19. The Bertz CT molecular complexity index is 130. The van der Waals surface area contributed by atoms with Crippen molar-refractivity contribution in [1.82, 2.24) is 4.57 Å². The van der Waals surface area contributed by atoms with Gasteiger partial charge in [-0.15, -0.1) is 6.58 Å². The summed E-state index contributed by atoms with van der Waals surface area (Å²) in [7, 11) is -0.784.